The topological polar surface area (TPSA) is 42.4 Å². The highest BCUT2D eigenvalue weighted by Gasteiger charge is 2.16. The molecule has 0 fully saturated rings. The van der Waals surface area contributed by atoms with Crippen LogP contribution < -0.4 is 4.74 Å². The number of aliphatic hydroxyl groups is 1. The van der Waals surface area contributed by atoms with Crippen molar-refractivity contribution < 1.29 is 14.2 Å². The minimum Gasteiger partial charge on any atom is -0.453 e. The summed E-state index contributed by atoms with van der Waals surface area (Å²) in [6.45, 7) is -0.351. The molecular weight excluding hydrogens is 373 g/mol. The number of aromatic nitrogens is 1. The van der Waals surface area contributed by atoms with Crippen LogP contribution in [0.4, 0.5) is 4.39 Å². The fraction of sp³-hybridized carbons (Fsp3) is 0.0625. The van der Waals surface area contributed by atoms with Crippen LogP contribution in [-0.2, 0) is 6.61 Å². The Hall–Kier alpha value is -1.69. The Morgan fingerprint density at radius 1 is 1.23 bits per heavy atom. The van der Waals surface area contributed by atoms with Gasteiger partial charge >= 0.3 is 0 Å². The minimum absolute atomic E-state index is 0.0632. The first-order chi connectivity index (χ1) is 10.6. The van der Waals surface area contributed by atoms with Gasteiger partial charge in [-0.1, -0.05) is 33.6 Å². The summed E-state index contributed by atoms with van der Waals surface area (Å²) in [4.78, 5) is 4.24. The molecule has 0 radical (unpaired) electrons. The fourth-order valence-corrected chi connectivity index (χ4v) is 2.61. The Kier molecular flexibility index (Phi) is 4.29. The number of benzene rings is 2. The lowest BCUT2D eigenvalue weighted by atomic mass is 10.2. The van der Waals surface area contributed by atoms with Gasteiger partial charge < -0.3 is 9.84 Å². The largest absolute Gasteiger partial charge is 0.453 e. The van der Waals surface area contributed by atoms with Crippen molar-refractivity contribution in [1.82, 2.24) is 4.98 Å². The van der Waals surface area contributed by atoms with E-state index in [9.17, 15) is 9.50 Å². The van der Waals surface area contributed by atoms with Crippen LogP contribution in [0.15, 0.2) is 47.1 Å². The quantitative estimate of drug-likeness (QED) is 0.687. The molecule has 0 saturated carbocycles. The maximum atomic E-state index is 14.2. The second kappa shape index (κ2) is 6.20. The van der Waals surface area contributed by atoms with Gasteiger partial charge in [0.05, 0.1) is 17.1 Å². The number of pyridine rings is 1. The summed E-state index contributed by atoms with van der Waals surface area (Å²) < 4.78 is 20.8. The second-order valence-corrected chi connectivity index (χ2v) is 5.90. The molecule has 0 spiro atoms. The van der Waals surface area contributed by atoms with E-state index in [1.54, 1.807) is 12.3 Å². The SMILES string of the molecule is OCc1ccc(Cl)c(F)c1Oc1ccnc2ccc(Br)cc12. The monoisotopic (exact) mass is 381 g/mol. The number of ether oxygens (including phenoxy) is 1. The van der Waals surface area contributed by atoms with E-state index in [0.717, 1.165) is 9.86 Å². The molecule has 3 rings (SSSR count). The minimum atomic E-state index is -0.701. The van der Waals surface area contributed by atoms with E-state index in [1.807, 2.05) is 18.2 Å². The molecule has 3 aromatic rings. The summed E-state index contributed by atoms with van der Waals surface area (Å²) >= 11 is 9.18. The first-order valence-electron chi connectivity index (χ1n) is 6.40. The molecule has 3 nitrogen and oxygen atoms in total. The van der Waals surface area contributed by atoms with Gasteiger partial charge in [-0.25, -0.2) is 4.39 Å². The maximum Gasteiger partial charge on any atom is 0.184 e. The summed E-state index contributed by atoms with van der Waals surface area (Å²) in [5, 5.41) is 10.0. The van der Waals surface area contributed by atoms with Crippen LogP contribution in [-0.4, -0.2) is 10.1 Å². The average Bonchev–Trinajstić information content (AvgIpc) is 2.52. The number of rotatable bonds is 3. The number of fused-ring (bicyclic) bond motifs is 1. The maximum absolute atomic E-state index is 14.2. The van der Waals surface area contributed by atoms with E-state index in [2.05, 4.69) is 20.9 Å². The van der Waals surface area contributed by atoms with Gasteiger partial charge in [0, 0.05) is 21.6 Å². The van der Waals surface area contributed by atoms with E-state index < -0.39 is 5.82 Å². The highest BCUT2D eigenvalue weighted by molar-refractivity contribution is 9.10. The first-order valence-corrected chi connectivity index (χ1v) is 7.57. The molecule has 0 amide bonds. The predicted octanol–water partition coefficient (Wildman–Crippen LogP) is 5.07. The molecule has 0 aliphatic rings. The number of hydrogen-bond donors (Lipinski definition) is 1. The normalized spacial score (nSPS) is 10.9. The van der Waals surface area contributed by atoms with E-state index in [0.29, 0.717) is 16.8 Å². The number of nitrogens with zero attached hydrogens (tertiary/aromatic N) is 1. The Bertz CT molecular complexity index is 857. The molecule has 1 aromatic heterocycles. The molecule has 0 aliphatic heterocycles. The van der Waals surface area contributed by atoms with Crippen molar-refractivity contribution >= 4 is 38.4 Å². The Labute approximate surface area is 139 Å². The molecule has 2 aromatic carbocycles. The third kappa shape index (κ3) is 2.79. The summed E-state index contributed by atoms with van der Waals surface area (Å²) in [6.07, 6.45) is 1.58. The average molecular weight is 383 g/mol. The fourth-order valence-electron chi connectivity index (χ4n) is 2.10. The van der Waals surface area contributed by atoms with Gasteiger partial charge in [-0.2, -0.15) is 0 Å². The van der Waals surface area contributed by atoms with Crippen LogP contribution in [0, 0.1) is 5.82 Å². The Balaban J connectivity index is 2.15. The van der Waals surface area contributed by atoms with Gasteiger partial charge in [0.15, 0.2) is 11.6 Å². The van der Waals surface area contributed by atoms with E-state index in [1.165, 1.54) is 12.1 Å². The lowest BCUT2D eigenvalue weighted by molar-refractivity contribution is 0.274. The van der Waals surface area contributed by atoms with E-state index >= 15 is 0 Å². The van der Waals surface area contributed by atoms with Crippen LogP contribution >= 0.6 is 27.5 Å². The van der Waals surface area contributed by atoms with Crippen molar-refractivity contribution in [3.63, 3.8) is 0 Å². The highest BCUT2D eigenvalue weighted by Crippen LogP contribution is 2.36. The van der Waals surface area contributed by atoms with Gasteiger partial charge in [0.2, 0.25) is 0 Å². The molecule has 1 N–H and O–H groups in total. The molecule has 0 unspecified atom stereocenters. The molecule has 22 heavy (non-hydrogen) atoms. The smallest absolute Gasteiger partial charge is 0.184 e. The zero-order valence-electron chi connectivity index (χ0n) is 11.2. The van der Waals surface area contributed by atoms with Gasteiger partial charge in [-0.3, -0.25) is 4.98 Å². The Morgan fingerprint density at radius 3 is 2.82 bits per heavy atom. The molecular formula is C16H10BrClFNO2. The predicted molar refractivity (Wildman–Crippen MR) is 86.8 cm³/mol. The molecule has 6 heteroatoms. The number of hydrogen-bond acceptors (Lipinski definition) is 3. The summed E-state index contributed by atoms with van der Waals surface area (Å²) in [5.74, 6) is -0.349. The number of halogens is 3. The lowest BCUT2D eigenvalue weighted by Crippen LogP contribution is -1.97. The van der Waals surface area contributed by atoms with Crippen molar-refractivity contribution in [2.45, 2.75) is 6.61 Å². The van der Waals surface area contributed by atoms with Crippen molar-refractivity contribution in [3.8, 4) is 11.5 Å². The summed E-state index contributed by atoms with van der Waals surface area (Å²) in [6, 6.07) is 10.1. The molecule has 0 atom stereocenters. The van der Waals surface area contributed by atoms with Gasteiger partial charge in [-0.05, 0) is 30.3 Å². The highest BCUT2D eigenvalue weighted by atomic mass is 79.9. The first kappa shape index (κ1) is 15.2. The third-order valence-electron chi connectivity index (χ3n) is 3.18. The van der Waals surface area contributed by atoms with Gasteiger partial charge in [0.1, 0.15) is 5.75 Å². The Morgan fingerprint density at radius 2 is 2.05 bits per heavy atom. The van der Waals surface area contributed by atoms with Crippen molar-refractivity contribution in [2.24, 2.45) is 0 Å². The van der Waals surface area contributed by atoms with E-state index in [-0.39, 0.29) is 17.4 Å². The van der Waals surface area contributed by atoms with Gasteiger partial charge in [-0.15, -0.1) is 0 Å². The molecule has 0 saturated heterocycles. The van der Waals surface area contributed by atoms with Crippen LogP contribution in [0.1, 0.15) is 5.56 Å². The molecule has 1 heterocycles. The summed E-state index contributed by atoms with van der Waals surface area (Å²) in [5.41, 5.74) is 1.04. The third-order valence-corrected chi connectivity index (χ3v) is 3.96. The van der Waals surface area contributed by atoms with Crippen LogP contribution in [0.5, 0.6) is 11.5 Å². The second-order valence-electron chi connectivity index (χ2n) is 4.58. The molecule has 0 aliphatic carbocycles. The van der Waals surface area contributed by atoms with Gasteiger partial charge in [0.25, 0.3) is 0 Å². The van der Waals surface area contributed by atoms with Crippen molar-refractivity contribution in [2.75, 3.05) is 0 Å². The van der Waals surface area contributed by atoms with Crippen molar-refractivity contribution in [3.05, 3.63) is 63.5 Å². The number of aliphatic hydroxyl groups excluding tert-OH is 1. The molecule has 0 bridgehead atoms. The zero-order valence-corrected chi connectivity index (χ0v) is 13.5. The van der Waals surface area contributed by atoms with E-state index in [4.69, 9.17) is 16.3 Å². The lowest BCUT2D eigenvalue weighted by Gasteiger charge is -2.13. The summed E-state index contributed by atoms with van der Waals surface area (Å²) in [7, 11) is 0. The van der Waals surface area contributed by atoms with Crippen molar-refractivity contribution in [1.29, 1.82) is 0 Å². The standard InChI is InChI=1S/C16H10BrClFNO2/c17-10-2-4-13-11(7-10)14(5-6-20-13)22-16-9(8-21)1-3-12(18)15(16)19/h1-7,21H,8H2. The van der Waals surface area contributed by atoms with Crippen LogP contribution in [0.2, 0.25) is 5.02 Å². The van der Waals surface area contributed by atoms with Crippen LogP contribution in [0.3, 0.4) is 0 Å². The zero-order chi connectivity index (χ0) is 15.7. The molecule has 112 valence electrons. The van der Waals surface area contributed by atoms with Crippen LogP contribution in [0.25, 0.3) is 10.9 Å².